The van der Waals surface area contributed by atoms with Gasteiger partial charge in [0, 0.05) is 12.1 Å². The molecule has 2 atom stereocenters. The van der Waals surface area contributed by atoms with E-state index in [9.17, 15) is 22.8 Å². The van der Waals surface area contributed by atoms with E-state index in [1.165, 1.54) is 39.5 Å². The van der Waals surface area contributed by atoms with Gasteiger partial charge in [0.05, 0.1) is 38.8 Å². The zero-order valence-electron chi connectivity index (χ0n) is 23.4. The van der Waals surface area contributed by atoms with Crippen molar-refractivity contribution >= 4 is 27.6 Å². The summed E-state index contributed by atoms with van der Waals surface area (Å²) >= 11 is 0. The van der Waals surface area contributed by atoms with Crippen molar-refractivity contribution < 1.29 is 37.0 Å². The third kappa shape index (κ3) is 7.51. The van der Waals surface area contributed by atoms with Gasteiger partial charge >= 0.3 is 0 Å². The topological polar surface area (TPSA) is 140 Å². The number of sulfonamides is 1. The molecule has 3 rings (SSSR count). The molecule has 2 N–H and O–H groups in total. The van der Waals surface area contributed by atoms with E-state index < -0.39 is 39.7 Å². The molecule has 1 aliphatic heterocycles. The summed E-state index contributed by atoms with van der Waals surface area (Å²) in [5.74, 6) is 0.0124. The quantitative estimate of drug-likeness (QED) is 0.416. The minimum atomic E-state index is -3.92. The smallest absolute Gasteiger partial charge is 0.252 e. The summed E-state index contributed by atoms with van der Waals surface area (Å²) in [5, 5.41) is 5.51. The van der Waals surface area contributed by atoms with Crippen molar-refractivity contribution in [1.29, 1.82) is 0 Å². The summed E-state index contributed by atoms with van der Waals surface area (Å²) in [7, 11) is 0.517. The second kappa shape index (κ2) is 13.6. The van der Waals surface area contributed by atoms with Crippen LogP contribution in [0.5, 0.6) is 17.2 Å². The number of methoxy groups -OCH3 is 3. The van der Waals surface area contributed by atoms with E-state index >= 15 is 0 Å². The number of carbonyl (C=O) groups excluding carboxylic acids is 3. The molecule has 1 fully saturated rings. The number of amides is 2. The first-order chi connectivity index (χ1) is 19.0. The van der Waals surface area contributed by atoms with E-state index in [4.69, 9.17) is 14.2 Å². The molecule has 11 nitrogen and oxygen atoms in total. The van der Waals surface area contributed by atoms with E-state index in [1.54, 1.807) is 24.3 Å². The molecule has 0 aliphatic carbocycles. The minimum Gasteiger partial charge on any atom is -0.497 e. The van der Waals surface area contributed by atoms with Gasteiger partial charge in [-0.25, -0.2) is 8.42 Å². The van der Waals surface area contributed by atoms with Crippen molar-refractivity contribution in [2.24, 2.45) is 5.92 Å². The number of ether oxygens (including phenoxy) is 3. The second-order valence-electron chi connectivity index (χ2n) is 9.91. The molecule has 1 unspecified atom stereocenters. The number of hydrogen-bond donors (Lipinski definition) is 2. The fourth-order valence-corrected chi connectivity index (χ4v) is 5.89. The highest BCUT2D eigenvalue weighted by molar-refractivity contribution is 7.89. The van der Waals surface area contributed by atoms with Crippen LogP contribution in [0, 0.1) is 5.92 Å². The molecule has 12 heteroatoms. The van der Waals surface area contributed by atoms with Crippen molar-refractivity contribution in [3.05, 3.63) is 48.0 Å². The molecule has 1 saturated heterocycles. The summed E-state index contributed by atoms with van der Waals surface area (Å²) in [6.45, 7) is 3.60. The molecule has 0 aromatic heterocycles. The van der Waals surface area contributed by atoms with Gasteiger partial charge in [0.1, 0.15) is 11.8 Å². The minimum absolute atomic E-state index is 0.0541. The highest BCUT2D eigenvalue weighted by Gasteiger charge is 2.34. The second-order valence-corrected chi connectivity index (χ2v) is 11.8. The Morgan fingerprint density at radius 2 is 1.68 bits per heavy atom. The lowest BCUT2D eigenvalue weighted by molar-refractivity contribution is -0.129. The molecule has 1 aliphatic rings. The number of Topliss-reactive ketones (excluding diaryl/α,β-unsaturated/α-hetero) is 1. The molecule has 218 valence electrons. The monoisotopic (exact) mass is 575 g/mol. The van der Waals surface area contributed by atoms with Crippen LogP contribution in [0.1, 0.15) is 43.5 Å². The summed E-state index contributed by atoms with van der Waals surface area (Å²) in [6, 6.07) is 8.84. The van der Waals surface area contributed by atoms with Crippen molar-refractivity contribution in [2.45, 2.75) is 50.1 Å². The van der Waals surface area contributed by atoms with Crippen LogP contribution in [0.25, 0.3) is 0 Å². The third-order valence-corrected chi connectivity index (χ3v) is 8.47. The van der Waals surface area contributed by atoms with Gasteiger partial charge in [-0.2, -0.15) is 4.31 Å². The van der Waals surface area contributed by atoms with Crippen LogP contribution in [0.15, 0.2) is 47.4 Å². The molecule has 0 bridgehead atoms. The number of benzene rings is 2. The van der Waals surface area contributed by atoms with Gasteiger partial charge in [0.15, 0.2) is 17.3 Å². The Labute approximate surface area is 235 Å². The number of nitrogens with zero attached hydrogens (tertiary/aromatic N) is 1. The maximum absolute atomic E-state index is 13.3. The van der Waals surface area contributed by atoms with Gasteiger partial charge < -0.3 is 24.8 Å². The largest absolute Gasteiger partial charge is 0.497 e. The highest BCUT2D eigenvalue weighted by atomic mass is 32.2. The predicted octanol–water partition coefficient (Wildman–Crippen LogP) is 2.40. The number of hydrogen-bond acceptors (Lipinski definition) is 8. The summed E-state index contributed by atoms with van der Waals surface area (Å²) in [6.07, 6.45) is 0.986. The van der Waals surface area contributed by atoms with Gasteiger partial charge in [-0.1, -0.05) is 13.8 Å². The lowest BCUT2D eigenvalue weighted by atomic mass is 10.0. The van der Waals surface area contributed by atoms with Crippen molar-refractivity contribution in [3.63, 3.8) is 0 Å². The van der Waals surface area contributed by atoms with Crippen LogP contribution < -0.4 is 24.8 Å². The Kier molecular flexibility index (Phi) is 10.5. The van der Waals surface area contributed by atoms with Gasteiger partial charge in [0.25, 0.3) is 5.91 Å². The molecule has 2 amide bonds. The van der Waals surface area contributed by atoms with E-state index in [0.717, 1.165) is 4.31 Å². The summed E-state index contributed by atoms with van der Waals surface area (Å²) in [4.78, 5) is 39.5. The normalized spacial score (nSPS) is 17.1. The first-order valence-electron chi connectivity index (χ1n) is 13.0. The Bertz CT molecular complexity index is 1310. The molecule has 1 heterocycles. The van der Waals surface area contributed by atoms with Crippen LogP contribution in [0.3, 0.4) is 0 Å². The zero-order chi connectivity index (χ0) is 29.4. The number of rotatable bonds is 11. The van der Waals surface area contributed by atoms with E-state index in [2.05, 4.69) is 10.6 Å². The van der Waals surface area contributed by atoms with Gasteiger partial charge in [-0.3, -0.25) is 14.4 Å². The van der Waals surface area contributed by atoms with E-state index in [0.29, 0.717) is 30.1 Å². The van der Waals surface area contributed by atoms with Gasteiger partial charge in [-0.05, 0) is 67.6 Å². The maximum atomic E-state index is 13.3. The number of ketones is 1. The van der Waals surface area contributed by atoms with Crippen molar-refractivity contribution in [3.8, 4) is 17.2 Å². The molecule has 0 spiro atoms. The predicted molar refractivity (Wildman–Crippen MR) is 148 cm³/mol. The molecule has 2 aromatic rings. The zero-order valence-corrected chi connectivity index (χ0v) is 24.2. The fourth-order valence-electron chi connectivity index (χ4n) is 4.44. The number of nitrogens with one attached hydrogen (secondary N) is 2. The SMILES string of the molecule is COc1ccc(S(=O)(=O)N2CCC[C@@H](NC(=O)C(CC(C)C)NC(=O)c3ccc(OC)c(OC)c3)C(=O)C2)cc1. The molecular formula is C28H37N3O8S. The molecule has 40 heavy (non-hydrogen) atoms. The average molecular weight is 576 g/mol. The van der Waals surface area contributed by atoms with Crippen LogP contribution >= 0.6 is 0 Å². The Hall–Kier alpha value is -3.64. The first kappa shape index (κ1) is 30.9. The van der Waals surface area contributed by atoms with Crippen LogP contribution in [-0.4, -0.2) is 76.8 Å². The lowest BCUT2D eigenvalue weighted by Crippen LogP contribution is -2.52. The molecule has 0 radical (unpaired) electrons. The fraction of sp³-hybridized carbons (Fsp3) is 0.464. The van der Waals surface area contributed by atoms with Crippen LogP contribution in [0.2, 0.25) is 0 Å². The highest BCUT2D eigenvalue weighted by Crippen LogP contribution is 2.27. The van der Waals surface area contributed by atoms with Crippen molar-refractivity contribution in [2.75, 3.05) is 34.4 Å². The Morgan fingerprint density at radius 3 is 2.27 bits per heavy atom. The molecular weight excluding hydrogens is 538 g/mol. The Morgan fingerprint density at radius 1 is 1.00 bits per heavy atom. The van der Waals surface area contributed by atoms with Crippen LogP contribution in [-0.2, 0) is 19.6 Å². The molecule has 2 aromatic carbocycles. The van der Waals surface area contributed by atoms with E-state index in [1.807, 2.05) is 13.8 Å². The lowest BCUT2D eigenvalue weighted by Gasteiger charge is -2.24. The maximum Gasteiger partial charge on any atom is 0.252 e. The van der Waals surface area contributed by atoms with E-state index in [-0.39, 0.29) is 35.9 Å². The third-order valence-electron chi connectivity index (χ3n) is 6.61. The first-order valence-corrected chi connectivity index (χ1v) is 14.4. The average Bonchev–Trinajstić information content (AvgIpc) is 3.13. The summed E-state index contributed by atoms with van der Waals surface area (Å²) in [5.41, 5.74) is 0.282. The standard InChI is InChI=1S/C28H37N3O8S/c1-18(2)15-23(30-27(33)19-8-13-25(38-4)26(16-19)39-5)28(34)29-22-7-6-14-31(17-24(22)32)40(35,36)21-11-9-20(37-3)10-12-21/h8-13,16,18,22-23H,6-7,14-15,17H2,1-5H3,(H,29,34)(H,30,33)/t22-,23?/m1/s1. The van der Waals surface area contributed by atoms with Crippen LogP contribution in [0.4, 0.5) is 0 Å². The summed E-state index contributed by atoms with van der Waals surface area (Å²) < 4.78 is 43.0. The molecule has 0 saturated carbocycles. The van der Waals surface area contributed by atoms with Crippen molar-refractivity contribution in [1.82, 2.24) is 14.9 Å². The van der Waals surface area contributed by atoms with Gasteiger partial charge in [0.2, 0.25) is 15.9 Å². The van der Waals surface area contributed by atoms with Gasteiger partial charge in [-0.15, -0.1) is 0 Å². The number of carbonyl (C=O) groups is 3. The Balaban J connectivity index is 1.71.